The van der Waals surface area contributed by atoms with E-state index >= 15 is 0 Å². The predicted octanol–water partition coefficient (Wildman–Crippen LogP) is 3.20. The Morgan fingerprint density at radius 2 is 1.80 bits per heavy atom. The zero-order chi connectivity index (χ0) is 18.2. The van der Waals surface area contributed by atoms with Gasteiger partial charge in [-0.2, -0.15) is 0 Å². The average molecular weight is 347 g/mol. The van der Waals surface area contributed by atoms with Crippen LogP contribution in [0.1, 0.15) is 37.8 Å². The molecule has 0 spiro atoms. The van der Waals surface area contributed by atoms with Crippen LogP contribution in [0.2, 0.25) is 0 Å². The van der Waals surface area contributed by atoms with Crippen molar-refractivity contribution < 1.29 is 9.53 Å². The van der Waals surface area contributed by atoms with E-state index < -0.39 is 0 Å². The lowest BCUT2D eigenvalue weighted by Crippen LogP contribution is -2.40. The zero-order valence-electron chi connectivity index (χ0n) is 16.3. The summed E-state index contributed by atoms with van der Waals surface area (Å²) in [5.74, 6) is 1.12. The van der Waals surface area contributed by atoms with E-state index in [9.17, 15) is 4.79 Å². The van der Waals surface area contributed by atoms with E-state index in [1.165, 1.54) is 11.1 Å². The molecular weight excluding hydrogens is 312 g/mol. The van der Waals surface area contributed by atoms with Crippen molar-refractivity contribution in [1.29, 1.82) is 0 Å². The van der Waals surface area contributed by atoms with E-state index in [1.807, 2.05) is 18.7 Å². The highest BCUT2D eigenvalue weighted by molar-refractivity contribution is 5.78. The van der Waals surface area contributed by atoms with Gasteiger partial charge in [0, 0.05) is 39.2 Å². The van der Waals surface area contributed by atoms with E-state index in [2.05, 4.69) is 36.2 Å². The van der Waals surface area contributed by atoms with Crippen LogP contribution in [0, 0.1) is 11.8 Å². The van der Waals surface area contributed by atoms with Crippen molar-refractivity contribution in [3.05, 3.63) is 35.4 Å². The number of benzene rings is 1. The minimum Gasteiger partial charge on any atom is -0.383 e. The number of rotatable bonds is 8. The lowest BCUT2D eigenvalue weighted by molar-refractivity contribution is -0.135. The van der Waals surface area contributed by atoms with Gasteiger partial charge < -0.3 is 9.64 Å². The smallest absolute Gasteiger partial charge is 0.225 e. The van der Waals surface area contributed by atoms with Gasteiger partial charge in [-0.15, -0.1) is 0 Å². The molecule has 0 aliphatic carbocycles. The minimum atomic E-state index is 0.117. The summed E-state index contributed by atoms with van der Waals surface area (Å²) in [6, 6.07) is 9.03. The van der Waals surface area contributed by atoms with Gasteiger partial charge >= 0.3 is 0 Å². The maximum atomic E-state index is 12.1. The molecule has 1 amide bonds. The second kappa shape index (κ2) is 9.93. The number of likely N-dealkylation sites (tertiary alicyclic amines) is 1. The highest BCUT2D eigenvalue weighted by atomic mass is 16.5. The van der Waals surface area contributed by atoms with Crippen LogP contribution in [-0.2, 0) is 22.5 Å². The number of likely N-dealkylation sites (N-methyl/N-ethyl adjacent to an activating group) is 1. The summed E-state index contributed by atoms with van der Waals surface area (Å²) in [7, 11) is 3.87. The van der Waals surface area contributed by atoms with Gasteiger partial charge in [0.15, 0.2) is 0 Å². The van der Waals surface area contributed by atoms with Crippen LogP contribution < -0.4 is 0 Å². The second-order valence-corrected chi connectivity index (χ2v) is 7.67. The molecule has 25 heavy (non-hydrogen) atoms. The van der Waals surface area contributed by atoms with Crippen molar-refractivity contribution in [3.8, 4) is 0 Å². The Morgan fingerprint density at radius 1 is 1.20 bits per heavy atom. The first kappa shape index (κ1) is 19.9. The first-order valence-electron chi connectivity index (χ1n) is 9.53. The van der Waals surface area contributed by atoms with Gasteiger partial charge in [-0.05, 0) is 43.4 Å². The van der Waals surface area contributed by atoms with Crippen LogP contribution in [0.5, 0.6) is 0 Å². The van der Waals surface area contributed by atoms with Gasteiger partial charge in [0.05, 0.1) is 6.61 Å². The molecule has 0 unspecified atom stereocenters. The Morgan fingerprint density at radius 3 is 2.36 bits per heavy atom. The Hall–Kier alpha value is -1.39. The molecular formula is C21H34N2O2. The molecule has 0 radical (unpaired) electrons. The second-order valence-electron chi connectivity index (χ2n) is 7.67. The van der Waals surface area contributed by atoms with Crippen molar-refractivity contribution in [2.75, 3.05) is 40.4 Å². The van der Waals surface area contributed by atoms with Crippen LogP contribution in [-0.4, -0.2) is 56.1 Å². The third-order valence-electron chi connectivity index (χ3n) is 5.10. The summed E-state index contributed by atoms with van der Waals surface area (Å²) in [6.07, 6.45) is 3.38. The fourth-order valence-corrected chi connectivity index (χ4v) is 3.47. The average Bonchev–Trinajstić information content (AvgIpc) is 2.61. The number of piperidine rings is 1. The van der Waals surface area contributed by atoms with Gasteiger partial charge in [0.25, 0.3) is 0 Å². The Bertz CT molecular complexity index is 519. The highest BCUT2D eigenvalue weighted by Gasteiger charge is 2.24. The molecule has 0 atom stereocenters. The van der Waals surface area contributed by atoms with Gasteiger partial charge in [0.2, 0.25) is 5.91 Å². The first-order chi connectivity index (χ1) is 12.0. The number of hydrogen-bond acceptors (Lipinski definition) is 3. The van der Waals surface area contributed by atoms with Crippen molar-refractivity contribution in [2.45, 2.75) is 39.7 Å². The maximum absolute atomic E-state index is 12.1. The molecule has 1 aliphatic heterocycles. The van der Waals surface area contributed by atoms with Crippen LogP contribution in [0.15, 0.2) is 24.3 Å². The van der Waals surface area contributed by atoms with Crippen LogP contribution in [0.4, 0.5) is 0 Å². The molecule has 2 rings (SSSR count). The third kappa shape index (κ3) is 6.44. The standard InChI is InChI=1S/C21H34N2O2/c1-17(2)21(24)23-11-9-19(10-12-23)15-18-5-7-20(8-6-18)16-22(3)13-14-25-4/h5-8,17,19H,9-16H2,1-4H3. The van der Waals surface area contributed by atoms with Crippen molar-refractivity contribution in [3.63, 3.8) is 0 Å². The van der Waals surface area contributed by atoms with E-state index in [4.69, 9.17) is 4.74 Å². The maximum Gasteiger partial charge on any atom is 0.225 e. The number of carbonyl (C=O) groups excluding carboxylic acids is 1. The van der Waals surface area contributed by atoms with Crippen LogP contribution >= 0.6 is 0 Å². The molecule has 1 fully saturated rings. The number of amides is 1. The third-order valence-corrected chi connectivity index (χ3v) is 5.10. The Labute approximate surface area is 153 Å². The molecule has 0 saturated carbocycles. The van der Waals surface area contributed by atoms with Gasteiger partial charge in [0.1, 0.15) is 0 Å². The summed E-state index contributed by atoms with van der Waals surface area (Å²) in [5, 5.41) is 0. The van der Waals surface area contributed by atoms with Crippen LogP contribution in [0.3, 0.4) is 0 Å². The van der Waals surface area contributed by atoms with Crippen molar-refractivity contribution in [1.82, 2.24) is 9.80 Å². The number of carbonyl (C=O) groups is 1. The lowest BCUT2D eigenvalue weighted by atomic mass is 9.89. The highest BCUT2D eigenvalue weighted by Crippen LogP contribution is 2.23. The van der Waals surface area contributed by atoms with E-state index in [0.717, 1.165) is 52.0 Å². The number of hydrogen-bond donors (Lipinski definition) is 0. The molecule has 0 N–H and O–H groups in total. The Balaban J connectivity index is 1.77. The topological polar surface area (TPSA) is 32.8 Å². The quantitative estimate of drug-likeness (QED) is 0.725. The van der Waals surface area contributed by atoms with Crippen molar-refractivity contribution in [2.24, 2.45) is 11.8 Å². The summed E-state index contributed by atoms with van der Waals surface area (Å²) in [6.45, 7) is 8.50. The molecule has 1 aliphatic rings. The molecule has 1 saturated heterocycles. The number of methoxy groups -OCH3 is 1. The van der Waals surface area contributed by atoms with E-state index in [1.54, 1.807) is 7.11 Å². The van der Waals surface area contributed by atoms with Gasteiger partial charge in [-0.25, -0.2) is 0 Å². The molecule has 0 bridgehead atoms. The largest absolute Gasteiger partial charge is 0.383 e. The summed E-state index contributed by atoms with van der Waals surface area (Å²) in [5.41, 5.74) is 2.76. The fraction of sp³-hybridized carbons (Fsp3) is 0.667. The molecule has 4 heteroatoms. The summed E-state index contributed by atoms with van der Waals surface area (Å²) < 4.78 is 5.12. The summed E-state index contributed by atoms with van der Waals surface area (Å²) in [4.78, 5) is 16.4. The number of nitrogens with zero attached hydrogens (tertiary/aromatic N) is 2. The fourth-order valence-electron chi connectivity index (χ4n) is 3.47. The lowest BCUT2D eigenvalue weighted by Gasteiger charge is -2.33. The summed E-state index contributed by atoms with van der Waals surface area (Å²) >= 11 is 0. The molecule has 1 aromatic rings. The molecule has 0 aromatic heterocycles. The predicted molar refractivity (Wildman–Crippen MR) is 102 cm³/mol. The first-order valence-corrected chi connectivity index (χ1v) is 9.53. The molecule has 140 valence electrons. The monoisotopic (exact) mass is 346 g/mol. The molecule has 4 nitrogen and oxygen atoms in total. The Kier molecular flexibility index (Phi) is 7.91. The van der Waals surface area contributed by atoms with Crippen molar-refractivity contribution >= 4 is 5.91 Å². The van der Waals surface area contributed by atoms with E-state index in [-0.39, 0.29) is 5.92 Å². The minimum absolute atomic E-state index is 0.117. The van der Waals surface area contributed by atoms with Gasteiger partial charge in [-0.1, -0.05) is 38.1 Å². The zero-order valence-corrected chi connectivity index (χ0v) is 16.3. The van der Waals surface area contributed by atoms with Gasteiger partial charge in [-0.3, -0.25) is 9.69 Å². The molecule has 1 heterocycles. The van der Waals surface area contributed by atoms with Crippen LogP contribution in [0.25, 0.3) is 0 Å². The number of ether oxygens (including phenoxy) is 1. The molecule has 1 aromatic carbocycles. The normalized spacial score (nSPS) is 16.0. The van der Waals surface area contributed by atoms with E-state index in [0.29, 0.717) is 11.8 Å². The SMILES string of the molecule is COCCN(C)Cc1ccc(CC2CCN(C(=O)C(C)C)CC2)cc1.